The van der Waals surface area contributed by atoms with Crippen LogP contribution in [-0.4, -0.2) is 47.4 Å². The number of nitrogens with one attached hydrogen (secondary N) is 1. The molecule has 0 bridgehead atoms. The van der Waals surface area contributed by atoms with Crippen LogP contribution in [0.1, 0.15) is 296 Å². The van der Waals surface area contributed by atoms with Gasteiger partial charge in [-0.25, -0.2) is 0 Å². The standard InChI is InChI=1S/C58H109NO5/c1-3-5-7-9-11-13-15-17-18-23-27-30-34-38-42-46-50-56(61)55(54-60)59-57(62)51-47-43-39-35-31-28-24-21-19-20-22-25-29-33-37-41-45-49-53-64-58(63)52-48-44-40-36-32-26-16-14-12-10-8-6-4-2/h14,16,21,24,46,50,55-56,60-61H,3-13,15,17-20,22-23,25-45,47-49,51-54H2,1-2H3,(H,59,62)/b16-14-,24-21-,50-46+. The molecule has 6 nitrogen and oxygen atoms in total. The Labute approximate surface area is 398 Å². The number of aliphatic hydroxyl groups excluding tert-OH is 2. The van der Waals surface area contributed by atoms with Gasteiger partial charge < -0.3 is 20.3 Å². The molecule has 0 aromatic rings. The van der Waals surface area contributed by atoms with Gasteiger partial charge in [0.15, 0.2) is 0 Å². The topological polar surface area (TPSA) is 95.9 Å². The van der Waals surface area contributed by atoms with Gasteiger partial charge in [-0.2, -0.15) is 0 Å². The Morgan fingerprint density at radius 1 is 0.422 bits per heavy atom. The van der Waals surface area contributed by atoms with E-state index >= 15 is 0 Å². The van der Waals surface area contributed by atoms with E-state index in [0.29, 0.717) is 19.4 Å². The third kappa shape index (κ3) is 49.5. The second-order valence-corrected chi connectivity index (χ2v) is 19.3. The van der Waals surface area contributed by atoms with E-state index in [2.05, 4.69) is 43.5 Å². The molecular formula is C58H109NO5. The number of amides is 1. The zero-order chi connectivity index (χ0) is 46.5. The van der Waals surface area contributed by atoms with Gasteiger partial charge in [-0.05, 0) is 83.5 Å². The first kappa shape index (κ1) is 62.1. The Hall–Kier alpha value is -1.92. The Bertz CT molecular complexity index is 1040. The lowest BCUT2D eigenvalue weighted by atomic mass is 10.0. The van der Waals surface area contributed by atoms with E-state index in [-0.39, 0.29) is 18.5 Å². The lowest BCUT2D eigenvalue weighted by molar-refractivity contribution is -0.143. The Balaban J connectivity index is 3.49. The summed E-state index contributed by atoms with van der Waals surface area (Å²) in [5.41, 5.74) is 0. The van der Waals surface area contributed by atoms with Gasteiger partial charge >= 0.3 is 5.97 Å². The maximum atomic E-state index is 12.4. The van der Waals surface area contributed by atoms with Gasteiger partial charge in [-0.15, -0.1) is 0 Å². The van der Waals surface area contributed by atoms with Gasteiger partial charge in [0.25, 0.3) is 0 Å². The van der Waals surface area contributed by atoms with Crippen molar-refractivity contribution in [2.75, 3.05) is 13.2 Å². The SMILES string of the molecule is CCCCCC/C=C\CCCCCCCC(=O)OCCCCCCCCCCC/C=C\CCCCCCCC(=O)NC(CO)C(O)/C=C/CCCCCCCCCCCCCCCC. The number of aliphatic hydroxyl groups is 2. The van der Waals surface area contributed by atoms with Gasteiger partial charge in [0, 0.05) is 12.8 Å². The maximum absolute atomic E-state index is 12.4. The highest BCUT2D eigenvalue weighted by Crippen LogP contribution is 2.16. The molecule has 2 atom stereocenters. The first-order valence-corrected chi connectivity index (χ1v) is 28.3. The molecule has 0 fully saturated rings. The fourth-order valence-corrected chi connectivity index (χ4v) is 8.50. The number of hydrogen-bond acceptors (Lipinski definition) is 5. The second kappa shape index (κ2) is 53.7. The molecule has 1 amide bonds. The molecule has 0 spiro atoms. The number of unbranched alkanes of at least 4 members (excludes halogenated alkanes) is 37. The summed E-state index contributed by atoms with van der Waals surface area (Å²) in [5.74, 6) is -0.0893. The van der Waals surface area contributed by atoms with E-state index in [1.165, 1.54) is 205 Å². The minimum atomic E-state index is -0.853. The van der Waals surface area contributed by atoms with Crippen molar-refractivity contribution in [1.29, 1.82) is 0 Å². The highest BCUT2D eigenvalue weighted by molar-refractivity contribution is 5.76. The molecule has 2 unspecified atom stereocenters. The molecule has 0 heterocycles. The molecule has 0 rings (SSSR count). The predicted molar refractivity (Wildman–Crippen MR) is 278 cm³/mol. The van der Waals surface area contributed by atoms with Crippen molar-refractivity contribution >= 4 is 11.9 Å². The molecule has 0 aromatic carbocycles. The van der Waals surface area contributed by atoms with Crippen molar-refractivity contribution in [3.05, 3.63) is 36.5 Å². The smallest absolute Gasteiger partial charge is 0.305 e. The summed E-state index contributed by atoms with van der Waals surface area (Å²) >= 11 is 0. The Morgan fingerprint density at radius 2 is 0.734 bits per heavy atom. The lowest BCUT2D eigenvalue weighted by Crippen LogP contribution is -2.45. The molecule has 0 aromatic heterocycles. The Morgan fingerprint density at radius 3 is 1.12 bits per heavy atom. The van der Waals surface area contributed by atoms with E-state index in [9.17, 15) is 19.8 Å². The zero-order valence-electron chi connectivity index (χ0n) is 42.8. The highest BCUT2D eigenvalue weighted by Gasteiger charge is 2.18. The highest BCUT2D eigenvalue weighted by atomic mass is 16.5. The first-order valence-electron chi connectivity index (χ1n) is 28.3. The normalized spacial score (nSPS) is 12.9. The number of carbonyl (C=O) groups is 2. The zero-order valence-corrected chi connectivity index (χ0v) is 42.8. The lowest BCUT2D eigenvalue weighted by Gasteiger charge is -2.20. The third-order valence-corrected chi connectivity index (χ3v) is 12.9. The molecule has 6 heteroatoms. The quantitative estimate of drug-likeness (QED) is 0.0321. The minimum Gasteiger partial charge on any atom is -0.466 e. The molecule has 0 aliphatic rings. The summed E-state index contributed by atoms with van der Waals surface area (Å²) in [6, 6.07) is -0.638. The van der Waals surface area contributed by atoms with Crippen molar-refractivity contribution in [1.82, 2.24) is 5.32 Å². The van der Waals surface area contributed by atoms with Gasteiger partial charge in [0.1, 0.15) is 0 Å². The fraction of sp³-hybridized carbons (Fsp3) is 0.862. The molecule has 376 valence electrons. The van der Waals surface area contributed by atoms with Crippen LogP contribution in [0.5, 0.6) is 0 Å². The summed E-state index contributed by atoms with van der Waals surface area (Å²) in [4.78, 5) is 24.5. The average molecular weight is 901 g/mol. The van der Waals surface area contributed by atoms with Crippen LogP contribution in [0, 0.1) is 0 Å². The van der Waals surface area contributed by atoms with E-state index in [1.54, 1.807) is 6.08 Å². The van der Waals surface area contributed by atoms with Gasteiger partial charge in [0.2, 0.25) is 5.91 Å². The number of esters is 1. The summed E-state index contributed by atoms with van der Waals surface area (Å²) in [6.45, 7) is 4.87. The predicted octanol–water partition coefficient (Wildman–Crippen LogP) is 17.2. The van der Waals surface area contributed by atoms with Crippen LogP contribution in [0.25, 0.3) is 0 Å². The fourth-order valence-electron chi connectivity index (χ4n) is 8.50. The molecule has 0 saturated carbocycles. The molecule has 0 saturated heterocycles. The van der Waals surface area contributed by atoms with Crippen LogP contribution in [0.2, 0.25) is 0 Å². The van der Waals surface area contributed by atoms with Crippen molar-refractivity contribution in [2.45, 2.75) is 309 Å². The second-order valence-electron chi connectivity index (χ2n) is 19.3. The number of rotatable bonds is 52. The number of allylic oxidation sites excluding steroid dienone is 5. The summed E-state index contributed by atoms with van der Waals surface area (Å²) in [6.07, 6.45) is 65.8. The molecular weight excluding hydrogens is 791 g/mol. The van der Waals surface area contributed by atoms with Crippen LogP contribution in [-0.2, 0) is 14.3 Å². The van der Waals surface area contributed by atoms with Crippen molar-refractivity contribution in [3.8, 4) is 0 Å². The van der Waals surface area contributed by atoms with Crippen LogP contribution in [0.4, 0.5) is 0 Å². The van der Waals surface area contributed by atoms with Crippen LogP contribution in [0.3, 0.4) is 0 Å². The van der Waals surface area contributed by atoms with Crippen molar-refractivity contribution < 1.29 is 24.5 Å². The minimum absolute atomic E-state index is 0.00745. The van der Waals surface area contributed by atoms with Crippen LogP contribution in [0.15, 0.2) is 36.5 Å². The van der Waals surface area contributed by atoms with Crippen LogP contribution >= 0.6 is 0 Å². The van der Waals surface area contributed by atoms with Crippen LogP contribution < -0.4 is 5.32 Å². The summed E-state index contributed by atoms with van der Waals surface area (Å²) in [5, 5.41) is 23.1. The maximum Gasteiger partial charge on any atom is 0.305 e. The molecule has 0 aliphatic carbocycles. The number of ether oxygens (including phenoxy) is 1. The largest absolute Gasteiger partial charge is 0.466 e. The first-order chi connectivity index (χ1) is 31.5. The van der Waals surface area contributed by atoms with E-state index in [0.717, 1.165) is 64.2 Å². The number of carbonyl (C=O) groups excluding carboxylic acids is 2. The Kier molecular flexibility index (Phi) is 52.1. The molecule has 0 radical (unpaired) electrons. The summed E-state index contributed by atoms with van der Waals surface area (Å²) in [7, 11) is 0. The van der Waals surface area contributed by atoms with E-state index < -0.39 is 12.1 Å². The van der Waals surface area contributed by atoms with Crippen molar-refractivity contribution in [2.24, 2.45) is 0 Å². The van der Waals surface area contributed by atoms with Gasteiger partial charge in [0.05, 0.1) is 25.4 Å². The van der Waals surface area contributed by atoms with Crippen molar-refractivity contribution in [3.63, 3.8) is 0 Å². The molecule has 64 heavy (non-hydrogen) atoms. The number of hydrogen-bond donors (Lipinski definition) is 3. The molecule has 3 N–H and O–H groups in total. The van der Waals surface area contributed by atoms with Gasteiger partial charge in [-0.3, -0.25) is 9.59 Å². The molecule has 0 aliphatic heterocycles. The summed E-state index contributed by atoms with van der Waals surface area (Å²) < 4.78 is 5.46. The average Bonchev–Trinajstić information content (AvgIpc) is 3.29. The van der Waals surface area contributed by atoms with E-state index in [4.69, 9.17) is 4.74 Å². The third-order valence-electron chi connectivity index (χ3n) is 12.9. The van der Waals surface area contributed by atoms with E-state index in [1.807, 2.05) is 6.08 Å². The monoisotopic (exact) mass is 900 g/mol. The van der Waals surface area contributed by atoms with Gasteiger partial charge in [-0.1, -0.05) is 237 Å².